The molecule has 0 aromatic heterocycles. The first kappa shape index (κ1) is 14.0. The average molecular weight is 200 g/mol. The molecule has 0 bridgehead atoms. The van der Waals surface area contributed by atoms with Crippen LogP contribution in [0.2, 0.25) is 0 Å². The summed E-state index contributed by atoms with van der Waals surface area (Å²) in [4.78, 5) is 0. The van der Waals surface area contributed by atoms with E-state index < -0.39 is 0 Å². The molecule has 0 rings (SSSR count). The van der Waals surface area contributed by atoms with Crippen LogP contribution in [0, 0.1) is 5.41 Å². The third-order valence-corrected chi connectivity index (χ3v) is 2.89. The maximum absolute atomic E-state index is 9.07. The highest BCUT2D eigenvalue weighted by molar-refractivity contribution is 4.66. The van der Waals surface area contributed by atoms with E-state index in [1.165, 1.54) is 44.9 Å². The minimum absolute atomic E-state index is 0.142. The molecule has 0 aliphatic carbocycles. The van der Waals surface area contributed by atoms with E-state index in [1.807, 2.05) is 0 Å². The first-order chi connectivity index (χ1) is 6.62. The number of rotatable bonds is 9. The summed E-state index contributed by atoms with van der Waals surface area (Å²) in [7, 11) is 0. The van der Waals surface area contributed by atoms with Gasteiger partial charge in [0, 0.05) is 6.61 Å². The van der Waals surface area contributed by atoms with Crippen molar-refractivity contribution in [2.75, 3.05) is 6.61 Å². The molecule has 0 aromatic carbocycles. The van der Waals surface area contributed by atoms with E-state index in [1.54, 1.807) is 0 Å². The Hall–Kier alpha value is -0.0400. The normalized spacial score (nSPS) is 12.0. The number of hydrogen-bond acceptors (Lipinski definition) is 1. The van der Waals surface area contributed by atoms with Gasteiger partial charge < -0.3 is 5.11 Å². The largest absolute Gasteiger partial charge is 0.396 e. The first-order valence-electron chi connectivity index (χ1n) is 6.23. The summed E-state index contributed by atoms with van der Waals surface area (Å²) in [6.45, 7) is 6.86. The second-order valence-electron chi connectivity index (χ2n) is 5.19. The van der Waals surface area contributed by atoms with E-state index in [0.29, 0.717) is 6.61 Å². The fourth-order valence-electron chi connectivity index (χ4n) is 1.64. The predicted octanol–water partition coefficient (Wildman–Crippen LogP) is 4.15. The molecule has 14 heavy (non-hydrogen) atoms. The fourth-order valence-corrected chi connectivity index (χ4v) is 1.64. The molecule has 0 radical (unpaired) electrons. The Morgan fingerprint density at radius 3 is 1.86 bits per heavy atom. The zero-order valence-corrected chi connectivity index (χ0v) is 10.3. The molecule has 0 aromatic rings. The van der Waals surface area contributed by atoms with E-state index in [9.17, 15) is 0 Å². The van der Waals surface area contributed by atoms with Crippen LogP contribution in [0.3, 0.4) is 0 Å². The highest BCUT2D eigenvalue weighted by Gasteiger charge is 2.14. The lowest BCUT2D eigenvalue weighted by Gasteiger charge is -2.20. The molecule has 1 nitrogen and oxygen atoms in total. The molecule has 1 N–H and O–H groups in total. The van der Waals surface area contributed by atoms with Gasteiger partial charge in [0.1, 0.15) is 0 Å². The standard InChI is InChI=1S/C13H28O/c1-4-5-6-7-8-9-10-11-13(2,3)12-14/h14H,4-12H2,1-3H3. The average Bonchev–Trinajstić information content (AvgIpc) is 2.16. The zero-order chi connectivity index (χ0) is 10.9. The quantitative estimate of drug-likeness (QED) is 0.554. The first-order valence-corrected chi connectivity index (χ1v) is 6.23. The van der Waals surface area contributed by atoms with Crippen molar-refractivity contribution in [2.45, 2.75) is 72.1 Å². The lowest BCUT2D eigenvalue weighted by atomic mass is 9.88. The molecule has 0 aliphatic heterocycles. The highest BCUT2D eigenvalue weighted by Crippen LogP contribution is 2.22. The summed E-state index contributed by atoms with van der Waals surface area (Å²) in [5.74, 6) is 0. The van der Waals surface area contributed by atoms with Crippen LogP contribution in [0.25, 0.3) is 0 Å². The lowest BCUT2D eigenvalue weighted by Crippen LogP contribution is -2.16. The van der Waals surface area contributed by atoms with E-state index >= 15 is 0 Å². The van der Waals surface area contributed by atoms with Gasteiger partial charge in [0.25, 0.3) is 0 Å². The molecule has 0 aliphatic rings. The third kappa shape index (κ3) is 8.55. The summed E-state index contributed by atoms with van der Waals surface area (Å²) in [6, 6.07) is 0. The zero-order valence-electron chi connectivity index (χ0n) is 10.3. The van der Waals surface area contributed by atoms with E-state index in [-0.39, 0.29) is 5.41 Å². The molecule has 0 saturated carbocycles. The van der Waals surface area contributed by atoms with Crippen molar-refractivity contribution in [1.29, 1.82) is 0 Å². The molecule has 0 atom stereocenters. The van der Waals surface area contributed by atoms with Crippen LogP contribution in [-0.4, -0.2) is 11.7 Å². The maximum Gasteiger partial charge on any atom is 0.0482 e. The van der Waals surface area contributed by atoms with Gasteiger partial charge in [-0.25, -0.2) is 0 Å². The molecular weight excluding hydrogens is 172 g/mol. The topological polar surface area (TPSA) is 20.2 Å². The van der Waals surface area contributed by atoms with Crippen molar-refractivity contribution in [3.05, 3.63) is 0 Å². The van der Waals surface area contributed by atoms with E-state index in [2.05, 4.69) is 20.8 Å². The Balaban J connectivity index is 3.13. The monoisotopic (exact) mass is 200 g/mol. The Kier molecular flexibility index (Phi) is 8.26. The minimum Gasteiger partial charge on any atom is -0.396 e. The predicted molar refractivity (Wildman–Crippen MR) is 63.5 cm³/mol. The van der Waals surface area contributed by atoms with Crippen LogP contribution in [-0.2, 0) is 0 Å². The Bertz CT molecular complexity index is 118. The number of unbranched alkanes of at least 4 members (excludes halogenated alkanes) is 6. The van der Waals surface area contributed by atoms with Gasteiger partial charge in [-0.05, 0) is 11.8 Å². The van der Waals surface area contributed by atoms with Crippen molar-refractivity contribution in [3.63, 3.8) is 0 Å². The molecular formula is C13H28O. The van der Waals surface area contributed by atoms with Crippen LogP contribution in [0.4, 0.5) is 0 Å². The number of hydrogen-bond donors (Lipinski definition) is 1. The summed E-state index contributed by atoms with van der Waals surface area (Å²) >= 11 is 0. The molecule has 0 fully saturated rings. The summed E-state index contributed by atoms with van der Waals surface area (Å²) < 4.78 is 0. The van der Waals surface area contributed by atoms with Gasteiger partial charge in [-0.2, -0.15) is 0 Å². The van der Waals surface area contributed by atoms with Crippen LogP contribution in [0.15, 0.2) is 0 Å². The molecule has 0 saturated heterocycles. The van der Waals surface area contributed by atoms with Crippen molar-refractivity contribution < 1.29 is 5.11 Å². The molecule has 1 heteroatoms. The summed E-state index contributed by atoms with van der Waals surface area (Å²) in [6.07, 6.45) is 10.7. The van der Waals surface area contributed by atoms with E-state index in [4.69, 9.17) is 5.11 Å². The molecule has 86 valence electrons. The van der Waals surface area contributed by atoms with Gasteiger partial charge in [0.15, 0.2) is 0 Å². The minimum atomic E-state index is 0.142. The smallest absolute Gasteiger partial charge is 0.0482 e. The van der Waals surface area contributed by atoms with Gasteiger partial charge >= 0.3 is 0 Å². The van der Waals surface area contributed by atoms with Crippen LogP contribution < -0.4 is 0 Å². The van der Waals surface area contributed by atoms with Crippen molar-refractivity contribution >= 4 is 0 Å². The molecule has 0 unspecified atom stereocenters. The van der Waals surface area contributed by atoms with Crippen molar-refractivity contribution in [3.8, 4) is 0 Å². The Morgan fingerprint density at radius 2 is 1.36 bits per heavy atom. The van der Waals surface area contributed by atoms with Crippen LogP contribution in [0.1, 0.15) is 72.1 Å². The highest BCUT2D eigenvalue weighted by atomic mass is 16.3. The summed E-state index contributed by atoms with van der Waals surface area (Å²) in [5.41, 5.74) is 0.142. The molecule has 0 amide bonds. The fraction of sp³-hybridized carbons (Fsp3) is 1.00. The lowest BCUT2D eigenvalue weighted by molar-refractivity contribution is 0.147. The Labute approximate surface area is 89.9 Å². The number of aliphatic hydroxyl groups is 1. The molecule has 0 spiro atoms. The Morgan fingerprint density at radius 1 is 0.857 bits per heavy atom. The third-order valence-electron chi connectivity index (χ3n) is 2.89. The van der Waals surface area contributed by atoms with Crippen LogP contribution >= 0.6 is 0 Å². The van der Waals surface area contributed by atoms with Gasteiger partial charge in [-0.15, -0.1) is 0 Å². The second-order valence-corrected chi connectivity index (χ2v) is 5.19. The van der Waals surface area contributed by atoms with Gasteiger partial charge in [0.05, 0.1) is 0 Å². The molecule has 0 heterocycles. The van der Waals surface area contributed by atoms with Crippen LogP contribution in [0.5, 0.6) is 0 Å². The SMILES string of the molecule is CCCCCCCCCC(C)(C)CO. The summed E-state index contributed by atoms with van der Waals surface area (Å²) in [5, 5.41) is 9.07. The van der Waals surface area contributed by atoms with Gasteiger partial charge in [-0.3, -0.25) is 0 Å². The number of aliphatic hydroxyl groups excluding tert-OH is 1. The van der Waals surface area contributed by atoms with Crippen molar-refractivity contribution in [1.82, 2.24) is 0 Å². The maximum atomic E-state index is 9.07. The second kappa shape index (κ2) is 8.28. The van der Waals surface area contributed by atoms with E-state index in [0.717, 1.165) is 6.42 Å². The van der Waals surface area contributed by atoms with Gasteiger partial charge in [-0.1, -0.05) is 65.7 Å². The van der Waals surface area contributed by atoms with Crippen molar-refractivity contribution in [2.24, 2.45) is 5.41 Å². The van der Waals surface area contributed by atoms with Gasteiger partial charge in [0.2, 0.25) is 0 Å².